The van der Waals surface area contributed by atoms with Crippen LogP contribution >= 0.6 is 15.9 Å². The molecule has 0 aromatic heterocycles. The summed E-state index contributed by atoms with van der Waals surface area (Å²) in [5, 5.41) is 14.5. The standard InChI is InChI=1S/C11H16BrN3O2/c1-17-10-7-8(4-5-9(10)12)14-6-2-3-11(13)15-16/h4-5,7,14,16H,2-3,6H2,1H3,(H2,13,15). The molecule has 5 nitrogen and oxygen atoms in total. The number of nitrogens with zero attached hydrogens (tertiary/aromatic N) is 1. The number of rotatable bonds is 6. The molecule has 0 aliphatic carbocycles. The normalized spacial score (nSPS) is 11.3. The van der Waals surface area contributed by atoms with E-state index in [1.165, 1.54) is 0 Å². The third-order valence-electron chi connectivity index (χ3n) is 2.22. The summed E-state index contributed by atoms with van der Waals surface area (Å²) in [6, 6.07) is 5.79. The Bertz CT molecular complexity index is 396. The number of halogens is 1. The first-order valence-electron chi connectivity index (χ1n) is 5.21. The molecule has 6 heteroatoms. The largest absolute Gasteiger partial charge is 0.495 e. The van der Waals surface area contributed by atoms with Crippen LogP contribution in [-0.2, 0) is 0 Å². The van der Waals surface area contributed by atoms with Crippen LogP contribution in [0.1, 0.15) is 12.8 Å². The number of nitrogens with one attached hydrogen (secondary N) is 1. The van der Waals surface area contributed by atoms with Crippen molar-refractivity contribution in [1.82, 2.24) is 0 Å². The fourth-order valence-electron chi connectivity index (χ4n) is 1.32. The molecule has 0 saturated heterocycles. The fraction of sp³-hybridized carbons (Fsp3) is 0.364. The van der Waals surface area contributed by atoms with Crippen molar-refractivity contribution in [3.05, 3.63) is 22.7 Å². The molecule has 0 atom stereocenters. The zero-order valence-corrected chi connectivity index (χ0v) is 11.2. The Balaban J connectivity index is 2.42. The van der Waals surface area contributed by atoms with Gasteiger partial charge in [0.2, 0.25) is 0 Å². The number of benzene rings is 1. The maximum Gasteiger partial charge on any atom is 0.139 e. The quantitative estimate of drug-likeness (QED) is 0.248. The lowest BCUT2D eigenvalue weighted by atomic mass is 10.2. The molecular weight excluding hydrogens is 286 g/mol. The second-order valence-corrected chi connectivity index (χ2v) is 4.33. The molecule has 0 aliphatic rings. The summed E-state index contributed by atoms with van der Waals surface area (Å²) in [6.45, 7) is 0.751. The number of ether oxygens (including phenoxy) is 1. The molecular formula is C11H16BrN3O2. The summed E-state index contributed by atoms with van der Waals surface area (Å²) in [5.41, 5.74) is 6.34. The molecule has 0 fully saturated rings. The lowest BCUT2D eigenvalue weighted by molar-refractivity contribution is 0.316. The molecule has 0 aliphatic heterocycles. The van der Waals surface area contributed by atoms with Crippen LogP contribution in [0.25, 0.3) is 0 Å². The Labute approximate surface area is 109 Å². The van der Waals surface area contributed by atoms with Gasteiger partial charge in [0.15, 0.2) is 0 Å². The number of hydrogen-bond donors (Lipinski definition) is 3. The minimum Gasteiger partial charge on any atom is -0.495 e. The molecule has 0 heterocycles. The van der Waals surface area contributed by atoms with Crippen LogP contribution in [0.4, 0.5) is 5.69 Å². The van der Waals surface area contributed by atoms with Gasteiger partial charge in [-0.05, 0) is 34.5 Å². The van der Waals surface area contributed by atoms with Crippen LogP contribution in [0.5, 0.6) is 5.75 Å². The molecule has 94 valence electrons. The van der Waals surface area contributed by atoms with Crippen LogP contribution in [-0.4, -0.2) is 24.7 Å². The number of amidine groups is 1. The molecule has 0 amide bonds. The molecule has 17 heavy (non-hydrogen) atoms. The molecule has 1 aromatic carbocycles. The second-order valence-electron chi connectivity index (χ2n) is 3.47. The fourth-order valence-corrected chi connectivity index (χ4v) is 1.73. The van der Waals surface area contributed by atoms with E-state index in [1.807, 2.05) is 18.2 Å². The van der Waals surface area contributed by atoms with E-state index in [0.717, 1.165) is 28.9 Å². The van der Waals surface area contributed by atoms with Gasteiger partial charge in [0, 0.05) is 24.7 Å². The van der Waals surface area contributed by atoms with E-state index in [0.29, 0.717) is 6.42 Å². The predicted molar refractivity (Wildman–Crippen MR) is 71.8 cm³/mol. The van der Waals surface area contributed by atoms with Crippen LogP contribution in [0.3, 0.4) is 0 Å². The SMILES string of the molecule is COc1cc(NCCC/C(N)=N/O)ccc1Br. The lowest BCUT2D eigenvalue weighted by Crippen LogP contribution is -2.13. The number of hydrogen-bond acceptors (Lipinski definition) is 4. The molecule has 0 bridgehead atoms. The summed E-state index contributed by atoms with van der Waals surface area (Å²) in [5.74, 6) is 1.03. The average molecular weight is 302 g/mol. The lowest BCUT2D eigenvalue weighted by Gasteiger charge is -2.09. The van der Waals surface area contributed by atoms with Gasteiger partial charge < -0.3 is 21.0 Å². The van der Waals surface area contributed by atoms with Gasteiger partial charge in [-0.2, -0.15) is 0 Å². The maximum absolute atomic E-state index is 8.37. The minimum absolute atomic E-state index is 0.250. The monoisotopic (exact) mass is 301 g/mol. The topological polar surface area (TPSA) is 79.9 Å². The minimum atomic E-state index is 0.250. The van der Waals surface area contributed by atoms with Crippen molar-refractivity contribution in [2.24, 2.45) is 10.9 Å². The van der Waals surface area contributed by atoms with Crippen molar-refractivity contribution >= 4 is 27.5 Å². The van der Waals surface area contributed by atoms with Crippen LogP contribution in [0, 0.1) is 0 Å². The van der Waals surface area contributed by atoms with Crippen molar-refractivity contribution in [3.63, 3.8) is 0 Å². The van der Waals surface area contributed by atoms with Crippen LogP contribution in [0.15, 0.2) is 27.8 Å². The Morgan fingerprint density at radius 2 is 2.35 bits per heavy atom. The third-order valence-corrected chi connectivity index (χ3v) is 2.87. The molecule has 1 rings (SSSR count). The van der Waals surface area contributed by atoms with Crippen molar-refractivity contribution in [2.75, 3.05) is 19.0 Å². The van der Waals surface area contributed by atoms with Crippen LogP contribution in [0.2, 0.25) is 0 Å². The highest BCUT2D eigenvalue weighted by Crippen LogP contribution is 2.27. The highest BCUT2D eigenvalue weighted by Gasteiger charge is 2.01. The molecule has 0 spiro atoms. The molecule has 0 unspecified atom stereocenters. The highest BCUT2D eigenvalue weighted by molar-refractivity contribution is 9.10. The average Bonchev–Trinajstić information content (AvgIpc) is 2.36. The van der Waals surface area contributed by atoms with E-state index >= 15 is 0 Å². The van der Waals surface area contributed by atoms with E-state index in [2.05, 4.69) is 26.4 Å². The predicted octanol–water partition coefficient (Wildman–Crippen LogP) is 2.40. The Hall–Kier alpha value is -1.43. The van der Waals surface area contributed by atoms with Crippen molar-refractivity contribution in [2.45, 2.75) is 12.8 Å². The Kier molecular flexibility index (Phi) is 5.62. The summed E-state index contributed by atoms with van der Waals surface area (Å²) < 4.78 is 6.11. The smallest absolute Gasteiger partial charge is 0.139 e. The van der Waals surface area contributed by atoms with E-state index in [1.54, 1.807) is 7.11 Å². The van der Waals surface area contributed by atoms with E-state index < -0.39 is 0 Å². The summed E-state index contributed by atoms with van der Waals surface area (Å²) in [4.78, 5) is 0. The first-order chi connectivity index (χ1) is 8.17. The number of nitrogens with two attached hydrogens (primary N) is 1. The van der Waals surface area contributed by atoms with Crippen molar-refractivity contribution in [1.29, 1.82) is 0 Å². The molecule has 4 N–H and O–H groups in total. The summed E-state index contributed by atoms with van der Waals surface area (Å²) in [7, 11) is 1.63. The number of anilines is 1. The van der Waals surface area contributed by atoms with Gasteiger partial charge in [-0.25, -0.2) is 0 Å². The van der Waals surface area contributed by atoms with Gasteiger partial charge in [0.25, 0.3) is 0 Å². The Morgan fingerprint density at radius 3 is 3.00 bits per heavy atom. The zero-order chi connectivity index (χ0) is 12.7. The van der Waals surface area contributed by atoms with Crippen molar-refractivity contribution in [3.8, 4) is 5.75 Å². The van der Waals surface area contributed by atoms with Crippen LogP contribution < -0.4 is 15.8 Å². The molecule has 1 aromatic rings. The highest BCUT2D eigenvalue weighted by atomic mass is 79.9. The molecule has 0 radical (unpaired) electrons. The van der Waals surface area contributed by atoms with Gasteiger partial charge >= 0.3 is 0 Å². The van der Waals surface area contributed by atoms with Crippen molar-refractivity contribution < 1.29 is 9.94 Å². The summed E-state index contributed by atoms with van der Waals surface area (Å²) >= 11 is 3.39. The first kappa shape index (κ1) is 13.6. The number of methoxy groups -OCH3 is 1. The van der Waals surface area contributed by atoms with E-state index in [-0.39, 0.29) is 5.84 Å². The van der Waals surface area contributed by atoms with Gasteiger partial charge in [-0.15, -0.1) is 0 Å². The summed E-state index contributed by atoms with van der Waals surface area (Å²) in [6.07, 6.45) is 1.37. The Morgan fingerprint density at radius 1 is 1.59 bits per heavy atom. The van der Waals surface area contributed by atoms with Gasteiger partial charge in [-0.3, -0.25) is 0 Å². The van der Waals surface area contributed by atoms with E-state index in [4.69, 9.17) is 15.7 Å². The maximum atomic E-state index is 8.37. The zero-order valence-electron chi connectivity index (χ0n) is 9.61. The third kappa shape index (κ3) is 4.52. The first-order valence-corrected chi connectivity index (χ1v) is 6.00. The van der Waals surface area contributed by atoms with E-state index in [9.17, 15) is 0 Å². The van der Waals surface area contributed by atoms with Gasteiger partial charge in [0.1, 0.15) is 11.6 Å². The van der Waals surface area contributed by atoms with Gasteiger partial charge in [-0.1, -0.05) is 5.16 Å². The molecule has 0 saturated carbocycles. The van der Waals surface area contributed by atoms with Gasteiger partial charge in [0.05, 0.1) is 11.6 Å². The number of oxime groups is 1. The second kappa shape index (κ2) is 7.01.